The van der Waals surface area contributed by atoms with Crippen LogP contribution in [0.1, 0.15) is 28.9 Å². The van der Waals surface area contributed by atoms with Crippen molar-refractivity contribution in [2.24, 2.45) is 0 Å². The molecule has 0 radical (unpaired) electrons. The number of nitro groups is 1. The molecule has 0 bridgehead atoms. The smallest absolute Gasteiger partial charge is 0.341 e. The molecule has 0 saturated heterocycles. The fourth-order valence-corrected chi connectivity index (χ4v) is 2.32. The summed E-state index contributed by atoms with van der Waals surface area (Å²) in [6.07, 6.45) is 2.55. The van der Waals surface area contributed by atoms with Crippen LogP contribution in [0.5, 0.6) is 0 Å². The topological polar surface area (TPSA) is 87.3 Å². The first kappa shape index (κ1) is 16.4. The Kier molecular flexibility index (Phi) is 4.56. The van der Waals surface area contributed by atoms with Gasteiger partial charge in [0.1, 0.15) is 6.10 Å². The van der Waals surface area contributed by atoms with E-state index < -0.39 is 10.9 Å². The highest BCUT2D eigenvalue weighted by molar-refractivity contribution is 5.89. The van der Waals surface area contributed by atoms with Gasteiger partial charge in [-0.25, -0.2) is 9.48 Å². The first-order valence-corrected chi connectivity index (χ1v) is 7.60. The van der Waals surface area contributed by atoms with Gasteiger partial charge in [-0.1, -0.05) is 30.3 Å². The van der Waals surface area contributed by atoms with Crippen molar-refractivity contribution in [3.05, 3.63) is 88.2 Å². The van der Waals surface area contributed by atoms with Crippen LogP contribution in [-0.2, 0) is 4.74 Å². The molecule has 7 heteroatoms. The van der Waals surface area contributed by atoms with Crippen LogP contribution >= 0.6 is 0 Å². The van der Waals surface area contributed by atoms with Gasteiger partial charge in [0.25, 0.3) is 5.69 Å². The summed E-state index contributed by atoms with van der Waals surface area (Å²) in [5.41, 5.74) is 1.81. The number of hydrogen-bond acceptors (Lipinski definition) is 5. The van der Waals surface area contributed by atoms with E-state index in [-0.39, 0.29) is 11.8 Å². The summed E-state index contributed by atoms with van der Waals surface area (Å²) in [5.74, 6) is -0.482. The minimum absolute atomic E-state index is 0.00720. The molecule has 0 aliphatic heterocycles. The molecule has 126 valence electrons. The van der Waals surface area contributed by atoms with Gasteiger partial charge in [0.15, 0.2) is 0 Å². The normalized spacial score (nSPS) is 11.7. The predicted octanol–water partition coefficient (Wildman–Crippen LogP) is 3.70. The highest BCUT2D eigenvalue weighted by atomic mass is 16.6. The van der Waals surface area contributed by atoms with Crippen molar-refractivity contribution in [2.75, 3.05) is 0 Å². The Balaban J connectivity index is 1.72. The summed E-state index contributed by atoms with van der Waals surface area (Å²) in [5, 5.41) is 14.8. The second-order valence-electron chi connectivity index (χ2n) is 5.41. The van der Waals surface area contributed by atoms with E-state index in [2.05, 4.69) is 5.10 Å². The molecule has 3 aromatic rings. The molecule has 1 heterocycles. The summed E-state index contributed by atoms with van der Waals surface area (Å²) in [6, 6.07) is 15.3. The molecular weight excluding hydrogens is 322 g/mol. The lowest BCUT2D eigenvalue weighted by Crippen LogP contribution is -2.08. The molecule has 7 nitrogen and oxygen atoms in total. The Bertz CT molecular complexity index is 888. The molecule has 0 N–H and O–H groups in total. The van der Waals surface area contributed by atoms with Crippen LogP contribution in [0.4, 0.5) is 5.69 Å². The minimum atomic E-state index is -0.482. The van der Waals surface area contributed by atoms with Gasteiger partial charge in [-0.3, -0.25) is 10.1 Å². The third kappa shape index (κ3) is 3.72. The van der Waals surface area contributed by atoms with Crippen molar-refractivity contribution in [1.29, 1.82) is 0 Å². The Morgan fingerprint density at radius 3 is 2.48 bits per heavy atom. The summed E-state index contributed by atoms with van der Waals surface area (Å²) in [7, 11) is 0. The summed E-state index contributed by atoms with van der Waals surface area (Å²) in [4.78, 5) is 22.5. The molecule has 0 amide bonds. The molecular formula is C18H15N3O4. The van der Waals surface area contributed by atoms with E-state index in [0.717, 1.165) is 5.56 Å². The molecule has 0 aliphatic carbocycles. The monoisotopic (exact) mass is 337 g/mol. The molecule has 0 aliphatic rings. The third-order valence-corrected chi connectivity index (χ3v) is 3.70. The molecule has 0 saturated carbocycles. The maximum Gasteiger partial charge on any atom is 0.341 e. The average molecular weight is 337 g/mol. The Morgan fingerprint density at radius 2 is 1.84 bits per heavy atom. The number of esters is 1. The predicted molar refractivity (Wildman–Crippen MR) is 90.5 cm³/mol. The molecule has 0 spiro atoms. The van der Waals surface area contributed by atoms with Gasteiger partial charge < -0.3 is 4.74 Å². The average Bonchev–Trinajstić information content (AvgIpc) is 3.13. The molecule has 1 atom stereocenters. The maximum atomic E-state index is 12.3. The maximum absolute atomic E-state index is 12.3. The summed E-state index contributed by atoms with van der Waals surface area (Å²) in [6.45, 7) is 1.80. The van der Waals surface area contributed by atoms with Crippen LogP contribution in [-0.4, -0.2) is 20.7 Å². The van der Waals surface area contributed by atoms with Crippen molar-refractivity contribution >= 4 is 11.7 Å². The lowest BCUT2D eigenvalue weighted by Gasteiger charge is -2.12. The molecule has 1 aromatic heterocycles. The van der Waals surface area contributed by atoms with E-state index in [9.17, 15) is 14.9 Å². The molecule has 3 rings (SSSR count). The fourth-order valence-electron chi connectivity index (χ4n) is 2.32. The van der Waals surface area contributed by atoms with Crippen molar-refractivity contribution in [1.82, 2.24) is 9.78 Å². The number of nitrogens with zero attached hydrogens (tertiary/aromatic N) is 3. The lowest BCUT2D eigenvalue weighted by molar-refractivity contribution is -0.384. The lowest BCUT2D eigenvalue weighted by atomic mass is 10.1. The Hall–Kier alpha value is -3.48. The summed E-state index contributed by atoms with van der Waals surface area (Å²) < 4.78 is 6.91. The van der Waals surface area contributed by atoms with Crippen LogP contribution < -0.4 is 0 Å². The van der Waals surface area contributed by atoms with Gasteiger partial charge in [0.2, 0.25) is 0 Å². The summed E-state index contributed by atoms with van der Waals surface area (Å²) >= 11 is 0. The van der Waals surface area contributed by atoms with Crippen LogP contribution in [0.25, 0.3) is 5.69 Å². The molecule has 0 fully saturated rings. The number of hydrogen-bond donors (Lipinski definition) is 0. The number of aromatic nitrogens is 2. The minimum Gasteiger partial charge on any atom is -0.454 e. The van der Waals surface area contributed by atoms with Crippen molar-refractivity contribution in [3.63, 3.8) is 0 Å². The second-order valence-corrected chi connectivity index (χ2v) is 5.41. The van der Waals surface area contributed by atoms with Gasteiger partial charge in [0, 0.05) is 18.3 Å². The van der Waals surface area contributed by atoms with Gasteiger partial charge in [-0.15, -0.1) is 0 Å². The van der Waals surface area contributed by atoms with Crippen LogP contribution in [0.3, 0.4) is 0 Å². The van der Waals surface area contributed by atoms with Gasteiger partial charge in [-0.05, 0) is 24.6 Å². The second kappa shape index (κ2) is 6.96. The van der Waals surface area contributed by atoms with E-state index in [4.69, 9.17) is 4.74 Å². The third-order valence-electron chi connectivity index (χ3n) is 3.70. The van der Waals surface area contributed by atoms with Crippen LogP contribution in [0, 0.1) is 10.1 Å². The van der Waals surface area contributed by atoms with E-state index in [0.29, 0.717) is 11.3 Å². The van der Waals surface area contributed by atoms with Crippen LogP contribution in [0.2, 0.25) is 0 Å². The first-order chi connectivity index (χ1) is 12.0. The highest BCUT2D eigenvalue weighted by Crippen LogP contribution is 2.19. The number of benzene rings is 2. The number of carbonyl (C=O) groups is 1. The van der Waals surface area contributed by atoms with Crippen LogP contribution in [0.15, 0.2) is 67.0 Å². The number of ether oxygens (including phenoxy) is 1. The quantitative estimate of drug-likeness (QED) is 0.402. The van der Waals surface area contributed by atoms with Gasteiger partial charge in [-0.2, -0.15) is 5.10 Å². The Morgan fingerprint density at radius 1 is 1.16 bits per heavy atom. The van der Waals surface area contributed by atoms with E-state index in [1.54, 1.807) is 19.1 Å². The van der Waals surface area contributed by atoms with E-state index in [1.807, 2.05) is 30.3 Å². The fraction of sp³-hybridized carbons (Fsp3) is 0.111. The highest BCUT2D eigenvalue weighted by Gasteiger charge is 2.16. The van der Waals surface area contributed by atoms with E-state index in [1.165, 1.54) is 29.2 Å². The van der Waals surface area contributed by atoms with E-state index >= 15 is 0 Å². The number of rotatable bonds is 5. The number of carbonyl (C=O) groups excluding carboxylic acids is 1. The van der Waals surface area contributed by atoms with Crippen molar-refractivity contribution in [2.45, 2.75) is 13.0 Å². The Labute approximate surface area is 143 Å². The number of nitro benzene ring substituents is 1. The largest absolute Gasteiger partial charge is 0.454 e. The number of non-ortho nitro benzene ring substituents is 1. The van der Waals surface area contributed by atoms with Crippen molar-refractivity contribution in [3.8, 4) is 5.69 Å². The first-order valence-electron chi connectivity index (χ1n) is 7.60. The molecule has 1 unspecified atom stereocenters. The SMILES string of the molecule is CC(OC(=O)c1cnn(-c2ccc([N+](=O)[O-])cc2)c1)c1ccccc1. The standard InChI is InChI=1S/C18H15N3O4/c1-13(14-5-3-2-4-6-14)25-18(22)15-11-19-20(12-15)16-7-9-17(10-8-16)21(23)24/h2-13H,1H3. The zero-order valence-corrected chi connectivity index (χ0v) is 13.4. The van der Waals surface area contributed by atoms with Gasteiger partial charge >= 0.3 is 5.97 Å². The van der Waals surface area contributed by atoms with Crippen molar-refractivity contribution < 1.29 is 14.5 Å². The molecule has 25 heavy (non-hydrogen) atoms. The molecule has 2 aromatic carbocycles. The zero-order valence-electron chi connectivity index (χ0n) is 13.4. The zero-order chi connectivity index (χ0) is 17.8. The van der Waals surface area contributed by atoms with Gasteiger partial charge in [0.05, 0.1) is 22.4 Å².